The van der Waals surface area contributed by atoms with Crippen molar-refractivity contribution in [2.24, 2.45) is 0 Å². The smallest absolute Gasteiger partial charge is 0.340 e. The highest BCUT2D eigenvalue weighted by molar-refractivity contribution is 5.90. The van der Waals surface area contributed by atoms with Gasteiger partial charge in [-0.2, -0.15) is 5.10 Å². The topological polar surface area (TPSA) is 70.5 Å². The van der Waals surface area contributed by atoms with Crippen molar-refractivity contribution in [2.75, 3.05) is 19.8 Å². The highest BCUT2D eigenvalue weighted by Gasteiger charge is 2.23. The second-order valence-corrected chi connectivity index (χ2v) is 3.75. The van der Waals surface area contributed by atoms with Gasteiger partial charge >= 0.3 is 5.97 Å². The molecule has 0 radical (unpaired) electrons. The number of aryl methyl sites for hydroxylation is 1. The highest BCUT2D eigenvalue weighted by Crippen LogP contribution is 2.21. The maximum absolute atomic E-state index is 11.9. The number of rotatable bonds is 7. The van der Waals surface area contributed by atoms with Gasteiger partial charge in [0.1, 0.15) is 5.69 Å². The Morgan fingerprint density at radius 3 is 2.32 bits per heavy atom. The first-order chi connectivity index (χ1) is 9.13. The van der Waals surface area contributed by atoms with Crippen molar-refractivity contribution < 1.29 is 19.0 Å². The number of aromatic nitrogens is 2. The summed E-state index contributed by atoms with van der Waals surface area (Å²) in [4.78, 5) is 11.9. The van der Waals surface area contributed by atoms with Gasteiger partial charge in [-0.25, -0.2) is 4.79 Å². The molecule has 0 aliphatic carbocycles. The molecular formula is C13H20N2O4. The first-order valence-electron chi connectivity index (χ1n) is 6.38. The third-order valence-electron chi connectivity index (χ3n) is 2.30. The quantitative estimate of drug-likeness (QED) is 0.556. The maximum atomic E-state index is 11.9. The number of carbonyl (C=O) groups is 1. The molecule has 0 bridgehead atoms. The third kappa shape index (κ3) is 4.25. The normalized spacial score (nSPS) is 10.8. The molecule has 0 saturated heterocycles. The van der Waals surface area contributed by atoms with Crippen LogP contribution in [0.1, 0.15) is 48.8 Å². The van der Waals surface area contributed by atoms with Crippen LogP contribution in [0.4, 0.5) is 0 Å². The van der Waals surface area contributed by atoms with Crippen molar-refractivity contribution in [3.05, 3.63) is 23.0 Å². The molecule has 6 nitrogen and oxygen atoms in total. The summed E-state index contributed by atoms with van der Waals surface area (Å²) in [5, 5.41) is 7.97. The summed E-state index contributed by atoms with van der Waals surface area (Å²) in [7, 11) is 0. The van der Waals surface area contributed by atoms with Gasteiger partial charge in [0.25, 0.3) is 0 Å². The Balaban J connectivity index is 3.12. The second kappa shape index (κ2) is 7.81. The van der Waals surface area contributed by atoms with Crippen LogP contribution in [0.5, 0.6) is 0 Å². The molecule has 1 aromatic heterocycles. The molecule has 0 spiro atoms. The minimum Gasteiger partial charge on any atom is -0.462 e. The van der Waals surface area contributed by atoms with Crippen molar-refractivity contribution >= 4 is 5.97 Å². The van der Waals surface area contributed by atoms with Gasteiger partial charge in [0.15, 0.2) is 0 Å². The molecule has 0 atom stereocenters. The van der Waals surface area contributed by atoms with Gasteiger partial charge in [-0.3, -0.25) is 0 Å². The lowest BCUT2D eigenvalue weighted by Crippen LogP contribution is -2.18. The van der Waals surface area contributed by atoms with Crippen LogP contribution in [0.25, 0.3) is 0 Å². The van der Waals surface area contributed by atoms with Crippen LogP contribution in [-0.2, 0) is 14.2 Å². The summed E-state index contributed by atoms with van der Waals surface area (Å²) in [5.41, 5.74) is 1.33. The van der Waals surface area contributed by atoms with Gasteiger partial charge < -0.3 is 14.2 Å². The minimum atomic E-state index is -0.706. The lowest BCUT2D eigenvalue weighted by atomic mass is 10.2. The van der Waals surface area contributed by atoms with Crippen molar-refractivity contribution in [3.63, 3.8) is 0 Å². The van der Waals surface area contributed by atoms with E-state index in [4.69, 9.17) is 14.2 Å². The van der Waals surface area contributed by atoms with Crippen molar-refractivity contribution in [1.29, 1.82) is 0 Å². The van der Waals surface area contributed by atoms with E-state index in [1.165, 1.54) is 0 Å². The van der Waals surface area contributed by atoms with Crippen LogP contribution >= 0.6 is 0 Å². The van der Waals surface area contributed by atoms with Crippen molar-refractivity contribution in [1.82, 2.24) is 10.2 Å². The molecule has 0 aliphatic heterocycles. The average molecular weight is 268 g/mol. The summed E-state index contributed by atoms with van der Waals surface area (Å²) in [6.07, 6.45) is -0.706. The van der Waals surface area contributed by atoms with Crippen LogP contribution in [0.2, 0.25) is 0 Å². The number of carbonyl (C=O) groups excluding carboxylic acids is 1. The summed E-state index contributed by atoms with van der Waals surface area (Å²) in [6, 6.07) is 1.63. The standard InChI is InChI=1S/C13H20N2O4/c1-5-17-12(16)10-8-9(4)14-15-11(10)13(18-6-2)19-7-3/h8,13H,5-7H2,1-4H3. The van der Waals surface area contributed by atoms with E-state index in [0.717, 1.165) is 0 Å². The predicted octanol–water partition coefficient (Wildman–Crippen LogP) is 2.03. The Morgan fingerprint density at radius 2 is 1.79 bits per heavy atom. The fourth-order valence-electron chi connectivity index (χ4n) is 1.55. The van der Waals surface area contributed by atoms with Crippen LogP contribution < -0.4 is 0 Å². The molecule has 106 valence electrons. The van der Waals surface area contributed by atoms with Crippen molar-refractivity contribution in [2.45, 2.75) is 34.0 Å². The fourth-order valence-corrected chi connectivity index (χ4v) is 1.55. The minimum absolute atomic E-state index is 0.299. The van der Waals surface area contributed by atoms with Gasteiger partial charge in [0.2, 0.25) is 6.29 Å². The molecule has 0 N–H and O–H groups in total. The van der Waals surface area contributed by atoms with E-state index in [0.29, 0.717) is 36.8 Å². The largest absolute Gasteiger partial charge is 0.462 e. The molecule has 1 aromatic rings. The predicted molar refractivity (Wildman–Crippen MR) is 68.7 cm³/mol. The van der Waals surface area contributed by atoms with Crippen LogP contribution in [-0.4, -0.2) is 36.0 Å². The second-order valence-electron chi connectivity index (χ2n) is 3.75. The molecule has 0 unspecified atom stereocenters. The molecule has 1 heterocycles. The van der Waals surface area contributed by atoms with E-state index in [2.05, 4.69) is 10.2 Å². The highest BCUT2D eigenvalue weighted by atomic mass is 16.7. The van der Waals surface area contributed by atoms with E-state index in [1.54, 1.807) is 19.9 Å². The lowest BCUT2D eigenvalue weighted by Gasteiger charge is -2.18. The molecule has 1 rings (SSSR count). The van der Waals surface area contributed by atoms with E-state index in [1.807, 2.05) is 13.8 Å². The lowest BCUT2D eigenvalue weighted by molar-refractivity contribution is -0.143. The van der Waals surface area contributed by atoms with E-state index < -0.39 is 12.3 Å². The molecule has 0 fully saturated rings. The molecule has 0 saturated carbocycles. The van der Waals surface area contributed by atoms with Crippen LogP contribution in [0.3, 0.4) is 0 Å². The summed E-state index contributed by atoms with van der Waals surface area (Å²) >= 11 is 0. The average Bonchev–Trinajstić information content (AvgIpc) is 2.39. The van der Waals surface area contributed by atoms with Gasteiger partial charge in [-0.15, -0.1) is 5.10 Å². The third-order valence-corrected chi connectivity index (χ3v) is 2.30. The van der Waals surface area contributed by atoms with Gasteiger partial charge in [-0.05, 0) is 33.8 Å². The number of ether oxygens (including phenoxy) is 3. The van der Waals surface area contributed by atoms with Crippen molar-refractivity contribution in [3.8, 4) is 0 Å². The molecule has 0 aliphatic rings. The Bertz CT molecular complexity index is 417. The van der Waals surface area contributed by atoms with Gasteiger partial charge in [-0.1, -0.05) is 0 Å². The van der Waals surface area contributed by atoms with E-state index >= 15 is 0 Å². The van der Waals surface area contributed by atoms with Gasteiger partial charge in [0, 0.05) is 13.2 Å². The number of esters is 1. The molecular weight excluding hydrogens is 248 g/mol. The molecule has 0 aromatic carbocycles. The molecule has 19 heavy (non-hydrogen) atoms. The first kappa shape index (κ1) is 15.5. The van der Waals surface area contributed by atoms with Gasteiger partial charge in [0.05, 0.1) is 17.9 Å². The fraction of sp³-hybridized carbons (Fsp3) is 0.615. The number of hydrogen-bond donors (Lipinski definition) is 0. The SMILES string of the molecule is CCOC(=O)c1cc(C)nnc1C(OCC)OCC. The number of nitrogens with zero attached hydrogens (tertiary/aromatic N) is 2. The van der Waals surface area contributed by atoms with E-state index in [9.17, 15) is 4.79 Å². The summed E-state index contributed by atoms with van der Waals surface area (Å²) in [6.45, 7) is 8.39. The maximum Gasteiger partial charge on any atom is 0.340 e. The Hall–Kier alpha value is -1.53. The van der Waals surface area contributed by atoms with E-state index in [-0.39, 0.29) is 0 Å². The zero-order chi connectivity index (χ0) is 14.3. The summed E-state index contributed by atoms with van der Waals surface area (Å²) < 4.78 is 15.9. The zero-order valence-corrected chi connectivity index (χ0v) is 11.8. The van der Waals surface area contributed by atoms with Crippen LogP contribution in [0, 0.1) is 6.92 Å². The Labute approximate surface area is 113 Å². The first-order valence-corrected chi connectivity index (χ1v) is 6.38. The molecule has 6 heteroatoms. The Kier molecular flexibility index (Phi) is 6.38. The summed E-state index contributed by atoms with van der Waals surface area (Å²) in [5.74, 6) is -0.445. The zero-order valence-electron chi connectivity index (χ0n) is 11.8. The molecule has 0 amide bonds. The monoisotopic (exact) mass is 268 g/mol. The Morgan fingerprint density at radius 1 is 1.16 bits per heavy atom. The van der Waals surface area contributed by atoms with Crippen LogP contribution in [0.15, 0.2) is 6.07 Å². The number of hydrogen-bond acceptors (Lipinski definition) is 6.